The number of carbonyl (C=O) groups is 1. The molecule has 3 unspecified atom stereocenters. The summed E-state index contributed by atoms with van der Waals surface area (Å²) in [7, 11) is 0. The van der Waals surface area contributed by atoms with E-state index in [-0.39, 0.29) is 5.91 Å². The Hall–Kier alpha value is -0.610. The van der Waals surface area contributed by atoms with Gasteiger partial charge in [-0.1, -0.05) is 13.8 Å². The van der Waals surface area contributed by atoms with Gasteiger partial charge in [-0.2, -0.15) is 0 Å². The molecule has 1 heterocycles. The molecule has 4 heteroatoms. The Morgan fingerprint density at radius 1 is 1.29 bits per heavy atom. The molecular weight excluding hydrogens is 216 g/mol. The van der Waals surface area contributed by atoms with Crippen LogP contribution in [0, 0.1) is 11.8 Å². The van der Waals surface area contributed by atoms with E-state index in [4.69, 9.17) is 10.5 Å². The third-order valence-electron chi connectivity index (χ3n) is 4.02. The minimum Gasteiger partial charge on any atom is -0.379 e. The highest BCUT2D eigenvalue weighted by Crippen LogP contribution is 2.29. The van der Waals surface area contributed by atoms with Crippen LogP contribution < -0.4 is 11.1 Å². The highest BCUT2D eigenvalue weighted by molar-refractivity contribution is 5.86. The maximum absolute atomic E-state index is 12.1. The number of amides is 1. The van der Waals surface area contributed by atoms with Crippen LogP contribution in [0.3, 0.4) is 0 Å². The van der Waals surface area contributed by atoms with Gasteiger partial charge < -0.3 is 15.8 Å². The van der Waals surface area contributed by atoms with Gasteiger partial charge in [-0.25, -0.2) is 0 Å². The van der Waals surface area contributed by atoms with Gasteiger partial charge in [0.2, 0.25) is 5.91 Å². The Balaban J connectivity index is 1.89. The smallest absolute Gasteiger partial charge is 0.242 e. The first kappa shape index (κ1) is 12.8. The predicted molar refractivity (Wildman–Crippen MR) is 66.5 cm³/mol. The molecule has 2 rings (SSSR count). The summed E-state index contributed by atoms with van der Waals surface area (Å²) in [6, 6.07) is 0.294. The van der Waals surface area contributed by atoms with Crippen LogP contribution in [0.2, 0.25) is 0 Å². The summed E-state index contributed by atoms with van der Waals surface area (Å²) in [5.74, 6) is 1.36. The Bertz CT molecular complexity index is 277. The van der Waals surface area contributed by atoms with E-state index < -0.39 is 5.54 Å². The second-order valence-corrected chi connectivity index (χ2v) is 6.05. The second kappa shape index (κ2) is 4.94. The van der Waals surface area contributed by atoms with Gasteiger partial charge in [0.25, 0.3) is 0 Å². The van der Waals surface area contributed by atoms with Gasteiger partial charge in [0.15, 0.2) is 0 Å². The lowest BCUT2D eigenvalue weighted by molar-refractivity contribution is -0.127. The molecular formula is C13H24N2O2. The van der Waals surface area contributed by atoms with E-state index in [1.54, 1.807) is 0 Å². The summed E-state index contributed by atoms with van der Waals surface area (Å²) in [6.45, 7) is 5.47. The van der Waals surface area contributed by atoms with Crippen molar-refractivity contribution >= 4 is 5.91 Å². The Morgan fingerprint density at radius 2 is 1.94 bits per heavy atom. The van der Waals surface area contributed by atoms with Crippen molar-refractivity contribution in [3.8, 4) is 0 Å². The number of hydrogen-bond acceptors (Lipinski definition) is 3. The quantitative estimate of drug-likeness (QED) is 0.758. The third kappa shape index (κ3) is 2.99. The highest BCUT2D eigenvalue weighted by Gasteiger charge is 2.39. The first-order valence-electron chi connectivity index (χ1n) is 6.67. The van der Waals surface area contributed by atoms with Crippen molar-refractivity contribution in [1.82, 2.24) is 5.32 Å². The molecule has 1 aliphatic heterocycles. The van der Waals surface area contributed by atoms with E-state index in [0.29, 0.717) is 37.5 Å². The molecule has 98 valence electrons. The molecule has 0 aromatic rings. The lowest BCUT2D eigenvalue weighted by atomic mass is 9.80. The van der Waals surface area contributed by atoms with E-state index in [0.717, 1.165) is 12.8 Å². The monoisotopic (exact) mass is 240 g/mol. The topological polar surface area (TPSA) is 64.4 Å². The molecule has 0 spiro atoms. The maximum atomic E-state index is 12.1. The summed E-state index contributed by atoms with van der Waals surface area (Å²) in [5, 5.41) is 3.12. The van der Waals surface area contributed by atoms with Crippen LogP contribution in [0.4, 0.5) is 0 Å². The molecule has 0 aromatic heterocycles. The van der Waals surface area contributed by atoms with E-state index in [9.17, 15) is 4.79 Å². The number of hydrogen-bond donors (Lipinski definition) is 2. The van der Waals surface area contributed by atoms with Crippen molar-refractivity contribution in [2.45, 2.75) is 51.1 Å². The van der Waals surface area contributed by atoms with E-state index in [1.807, 2.05) is 0 Å². The lowest BCUT2D eigenvalue weighted by Gasteiger charge is -2.34. The average molecular weight is 240 g/mol. The second-order valence-electron chi connectivity index (χ2n) is 6.05. The molecule has 3 atom stereocenters. The molecule has 1 amide bonds. The standard InChI is InChI=1S/C13H24N2O2/c1-9-5-10(2)7-11(6-9)15-12(16)13(14)3-4-17-8-13/h9-11H,3-8,14H2,1-2H3,(H,15,16). The molecule has 0 radical (unpaired) electrons. The van der Waals surface area contributed by atoms with Crippen molar-refractivity contribution in [2.24, 2.45) is 17.6 Å². The van der Waals surface area contributed by atoms with Gasteiger partial charge in [0.1, 0.15) is 5.54 Å². The zero-order valence-electron chi connectivity index (χ0n) is 10.9. The van der Waals surface area contributed by atoms with Gasteiger partial charge in [-0.15, -0.1) is 0 Å². The van der Waals surface area contributed by atoms with Crippen LogP contribution in [0.25, 0.3) is 0 Å². The number of rotatable bonds is 2. The van der Waals surface area contributed by atoms with Gasteiger partial charge in [0, 0.05) is 12.6 Å². The summed E-state index contributed by atoms with van der Waals surface area (Å²) in [4.78, 5) is 12.1. The van der Waals surface area contributed by atoms with E-state index in [1.165, 1.54) is 6.42 Å². The summed E-state index contributed by atoms with van der Waals surface area (Å²) >= 11 is 0. The Kier molecular flexibility index (Phi) is 3.73. The molecule has 1 aliphatic carbocycles. The molecule has 0 aromatic carbocycles. The SMILES string of the molecule is CC1CC(C)CC(NC(=O)C2(N)CCOC2)C1. The predicted octanol–water partition coefficient (Wildman–Crippen LogP) is 1.05. The minimum absolute atomic E-state index is 0.0266. The van der Waals surface area contributed by atoms with Crippen LogP contribution in [0.15, 0.2) is 0 Å². The van der Waals surface area contributed by atoms with Crippen LogP contribution in [-0.4, -0.2) is 30.7 Å². The minimum atomic E-state index is -0.788. The molecule has 17 heavy (non-hydrogen) atoms. The Labute approximate surface area is 103 Å². The summed E-state index contributed by atoms with van der Waals surface area (Å²) < 4.78 is 5.23. The molecule has 4 nitrogen and oxygen atoms in total. The molecule has 2 fully saturated rings. The van der Waals surface area contributed by atoms with Crippen molar-refractivity contribution < 1.29 is 9.53 Å². The molecule has 1 saturated heterocycles. The fourth-order valence-electron chi connectivity index (χ4n) is 3.15. The molecule has 0 bridgehead atoms. The van der Waals surface area contributed by atoms with Gasteiger partial charge in [0.05, 0.1) is 6.61 Å². The average Bonchev–Trinajstić information content (AvgIpc) is 2.64. The number of ether oxygens (including phenoxy) is 1. The van der Waals surface area contributed by atoms with Crippen molar-refractivity contribution in [3.05, 3.63) is 0 Å². The number of nitrogens with two attached hydrogens (primary N) is 1. The zero-order chi connectivity index (χ0) is 12.5. The highest BCUT2D eigenvalue weighted by atomic mass is 16.5. The number of carbonyl (C=O) groups excluding carboxylic acids is 1. The van der Waals surface area contributed by atoms with Crippen LogP contribution in [0.1, 0.15) is 39.5 Å². The Morgan fingerprint density at radius 3 is 2.47 bits per heavy atom. The summed E-state index contributed by atoms with van der Waals surface area (Å²) in [5.41, 5.74) is 5.26. The first-order valence-corrected chi connectivity index (χ1v) is 6.67. The van der Waals surface area contributed by atoms with E-state index >= 15 is 0 Å². The van der Waals surface area contributed by atoms with Gasteiger partial charge in [-0.3, -0.25) is 4.79 Å². The van der Waals surface area contributed by atoms with Gasteiger partial charge >= 0.3 is 0 Å². The first-order chi connectivity index (χ1) is 7.99. The molecule has 2 aliphatic rings. The van der Waals surface area contributed by atoms with Crippen molar-refractivity contribution in [3.63, 3.8) is 0 Å². The zero-order valence-corrected chi connectivity index (χ0v) is 10.9. The van der Waals surface area contributed by atoms with E-state index in [2.05, 4.69) is 19.2 Å². The summed E-state index contributed by atoms with van der Waals surface area (Å²) in [6.07, 6.45) is 4.06. The fraction of sp³-hybridized carbons (Fsp3) is 0.923. The number of nitrogens with one attached hydrogen (secondary N) is 1. The van der Waals surface area contributed by atoms with Crippen LogP contribution in [0.5, 0.6) is 0 Å². The normalized spacial score (nSPS) is 42.4. The largest absolute Gasteiger partial charge is 0.379 e. The maximum Gasteiger partial charge on any atom is 0.242 e. The fourth-order valence-corrected chi connectivity index (χ4v) is 3.15. The molecule has 3 N–H and O–H groups in total. The van der Waals surface area contributed by atoms with Crippen LogP contribution >= 0.6 is 0 Å². The van der Waals surface area contributed by atoms with Crippen molar-refractivity contribution in [1.29, 1.82) is 0 Å². The van der Waals surface area contributed by atoms with Crippen LogP contribution in [-0.2, 0) is 9.53 Å². The van der Waals surface area contributed by atoms with Gasteiger partial charge in [-0.05, 0) is 37.5 Å². The third-order valence-corrected chi connectivity index (χ3v) is 4.02. The molecule has 1 saturated carbocycles. The van der Waals surface area contributed by atoms with Crippen molar-refractivity contribution in [2.75, 3.05) is 13.2 Å². The lowest BCUT2D eigenvalue weighted by Crippen LogP contribution is -2.57.